The maximum Gasteiger partial charge on any atom is 0.226 e. The molecule has 1 atom stereocenters. The smallest absolute Gasteiger partial charge is 0.226 e. The standard InChI is InChI=1S/C14H26N2O/c15-11-13(10-12-6-2-1-3-7-12)14(17)16-8-4-5-9-16/h12-13H,1-11,15H2. The van der Waals surface area contributed by atoms with E-state index in [0.717, 1.165) is 25.4 Å². The van der Waals surface area contributed by atoms with Gasteiger partial charge in [-0.2, -0.15) is 0 Å². The van der Waals surface area contributed by atoms with Crippen LogP contribution in [0, 0.1) is 11.8 Å². The third kappa shape index (κ3) is 3.44. The molecule has 2 rings (SSSR count). The van der Waals surface area contributed by atoms with Crippen LogP contribution in [-0.2, 0) is 4.79 Å². The number of amides is 1. The van der Waals surface area contributed by atoms with Gasteiger partial charge in [0.15, 0.2) is 0 Å². The highest BCUT2D eigenvalue weighted by Gasteiger charge is 2.28. The summed E-state index contributed by atoms with van der Waals surface area (Å²) in [6.45, 7) is 2.45. The number of hydrogen-bond donors (Lipinski definition) is 1. The Morgan fingerprint density at radius 2 is 1.76 bits per heavy atom. The van der Waals surface area contributed by atoms with Crippen LogP contribution in [0.3, 0.4) is 0 Å². The fraction of sp³-hybridized carbons (Fsp3) is 0.929. The molecule has 1 heterocycles. The normalized spacial score (nSPS) is 23.9. The largest absolute Gasteiger partial charge is 0.342 e. The van der Waals surface area contributed by atoms with E-state index in [1.807, 2.05) is 4.90 Å². The molecule has 0 aromatic carbocycles. The highest BCUT2D eigenvalue weighted by Crippen LogP contribution is 2.29. The Balaban J connectivity index is 1.83. The molecule has 1 saturated heterocycles. The predicted octanol–water partition coefficient (Wildman–Crippen LogP) is 2.15. The SMILES string of the molecule is NCC(CC1CCCCC1)C(=O)N1CCCC1. The van der Waals surface area contributed by atoms with Crippen LogP contribution in [0.2, 0.25) is 0 Å². The molecule has 0 aromatic rings. The van der Waals surface area contributed by atoms with Gasteiger partial charge in [-0.3, -0.25) is 4.79 Å². The molecule has 1 aliphatic carbocycles. The number of carbonyl (C=O) groups is 1. The fourth-order valence-electron chi connectivity index (χ4n) is 3.32. The van der Waals surface area contributed by atoms with E-state index in [9.17, 15) is 4.79 Å². The minimum absolute atomic E-state index is 0.0937. The zero-order valence-corrected chi connectivity index (χ0v) is 10.9. The summed E-state index contributed by atoms with van der Waals surface area (Å²) in [6, 6.07) is 0. The van der Waals surface area contributed by atoms with Gasteiger partial charge >= 0.3 is 0 Å². The van der Waals surface area contributed by atoms with E-state index in [1.54, 1.807) is 0 Å². The average Bonchev–Trinajstić information content (AvgIpc) is 2.90. The third-order valence-electron chi connectivity index (χ3n) is 4.39. The Hall–Kier alpha value is -0.570. The summed E-state index contributed by atoms with van der Waals surface area (Å²) >= 11 is 0. The molecule has 0 radical (unpaired) electrons. The molecular formula is C14H26N2O. The second kappa shape index (κ2) is 6.39. The zero-order chi connectivity index (χ0) is 12.1. The summed E-state index contributed by atoms with van der Waals surface area (Å²) in [5, 5.41) is 0. The number of carbonyl (C=O) groups excluding carboxylic acids is 1. The zero-order valence-electron chi connectivity index (χ0n) is 10.9. The summed E-state index contributed by atoms with van der Waals surface area (Å²) in [7, 11) is 0. The lowest BCUT2D eigenvalue weighted by Crippen LogP contribution is -2.38. The summed E-state index contributed by atoms with van der Waals surface area (Å²) in [6.07, 6.45) is 10.1. The average molecular weight is 238 g/mol. The highest BCUT2D eigenvalue weighted by molar-refractivity contribution is 5.79. The minimum Gasteiger partial charge on any atom is -0.342 e. The van der Waals surface area contributed by atoms with E-state index in [4.69, 9.17) is 5.73 Å². The third-order valence-corrected chi connectivity index (χ3v) is 4.39. The van der Waals surface area contributed by atoms with Gasteiger partial charge in [0, 0.05) is 19.6 Å². The van der Waals surface area contributed by atoms with Crippen LogP contribution < -0.4 is 5.73 Å². The second-order valence-corrected chi connectivity index (χ2v) is 5.70. The molecule has 0 spiro atoms. The van der Waals surface area contributed by atoms with Gasteiger partial charge in [0.25, 0.3) is 0 Å². The number of rotatable bonds is 4. The fourth-order valence-corrected chi connectivity index (χ4v) is 3.32. The van der Waals surface area contributed by atoms with E-state index < -0.39 is 0 Å². The lowest BCUT2D eigenvalue weighted by molar-refractivity contribution is -0.134. The van der Waals surface area contributed by atoms with Crippen molar-refractivity contribution >= 4 is 5.91 Å². The van der Waals surface area contributed by atoms with Gasteiger partial charge in [-0.05, 0) is 25.2 Å². The number of hydrogen-bond acceptors (Lipinski definition) is 2. The molecular weight excluding hydrogens is 212 g/mol. The molecule has 98 valence electrons. The number of likely N-dealkylation sites (tertiary alicyclic amines) is 1. The van der Waals surface area contributed by atoms with E-state index in [-0.39, 0.29) is 5.92 Å². The molecule has 1 amide bonds. The van der Waals surface area contributed by atoms with Crippen LogP contribution >= 0.6 is 0 Å². The van der Waals surface area contributed by atoms with Crippen molar-refractivity contribution in [3.63, 3.8) is 0 Å². The monoisotopic (exact) mass is 238 g/mol. The maximum atomic E-state index is 12.3. The van der Waals surface area contributed by atoms with Crippen molar-refractivity contribution in [1.29, 1.82) is 0 Å². The molecule has 2 N–H and O–H groups in total. The Labute approximate surface area is 105 Å². The Morgan fingerprint density at radius 3 is 2.35 bits per heavy atom. The molecule has 1 saturated carbocycles. The van der Waals surface area contributed by atoms with Gasteiger partial charge < -0.3 is 10.6 Å². The lowest BCUT2D eigenvalue weighted by atomic mass is 9.82. The van der Waals surface area contributed by atoms with Crippen molar-refractivity contribution in [3.05, 3.63) is 0 Å². The van der Waals surface area contributed by atoms with E-state index >= 15 is 0 Å². The van der Waals surface area contributed by atoms with Crippen molar-refractivity contribution in [1.82, 2.24) is 4.90 Å². The van der Waals surface area contributed by atoms with Gasteiger partial charge in [-0.1, -0.05) is 32.1 Å². The van der Waals surface area contributed by atoms with Crippen molar-refractivity contribution < 1.29 is 4.79 Å². The van der Waals surface area contributed by atoms with Crippen molar-refractivity contribution in [3.8, 4) is 0 Å². The molecule has 1 aliphatic heterocycles. The first-order valence-electron chi connectivity index (χ1n) is 7.30. The molecule has 1 unspecified atom stereocenters. The van der Waals surface area contributed by atoms with E-state index in [2.05, 4.69) is 0 Å². The minimum atomic E-state index is 0.0937. The summed E-state index contributed by atoms with van der Waals surface area (Å²) in [5.41, 5.74) is 5.81. The predicted molar refractivity (Wildman–Crippen MR) is 69.6 cm³/mol. The lowest BCUT2D eigenvalue weighted by Gasteiger charge is -2.28. The molecule has 17 heavy (non-hydrogen) atoms. The topological polar surface area (TPSA) is 46.3 Å². The highest BCUT2D eigenvalue weighted by atomic mass is 16.2. The first-order chi connectivity index (χ1) is 8.31. The first-order valence-corrected chi connectivity index (χ1v) is 7.30. The van der Waals surface area contributed by atoms with Crippen LogP contribution in [0.5, 0.6) is 0 Å². The molecule has 2 aliphatic rings. The van der Waals surface area contributed by atoms with Crippen molar-refractivity contribution in [2.24, 2.45) is 17.6 Å². The summed E-state index contributed by atoms with van der Waals surface area (Å²) in [5.74, 6) is 1.18. The summed E-state index contributed by atoms with van der Waals surface area (Å²) < 4.78 is 0. The van der Waals surface area contributed by atoms with Gasteiger partial charge in [-0.25, -0.2) is 0 Å². The Kier molecular flexibility index (Phi) is 4.84. The summed E-state index contributed by atoms with van der Waals surface area (Å²) in [4.78, 5) is 14.3. The second-order valence-electron chi connectivity index (χ2n) is 5.70. The van der Waals surface area contributed by atoms with Crippen LogP contribution in [0.15, 0.2) is 0 Å². The molecule has 2 fully saturated rings. The first kappa shape index (κ1) is 12.9. The molecule has 3 nitrogen and oxygen atoms in total. The Bertz CT molecular complexity index is 243. The molecule has 0 bridgehead atoms. The molecule has 0 aromatic heterocycles. The molecule has 3 heteroatoms. The Morgan fingerprint density at radius 1 is 1.12 bits per heavy atom. The van der Waals surface area contributed by atoms with Crippen LogP contribution in [0.25, 0.3) is 0 Å². The van der Waals surface area contributed by atoms with Crippen LogP contribution in [-0.4, -0.2) is 30.4 Å². The number of nitrogens with two attached hydrogens (primary N) is 1. The van der Waals surface area contributed by atoms with Crippen LogP contribution in [0.4, 0.5) is 0 Å². The number of nitrogens with zero attached hydrogens (tertiary/aromatic N) is 1. The van der Waals surface area contributed by atoms with Gasteiger partial charge in [-0.15, -0.1) is 0 Å². The van der Waals surface area contributed by atoms with Crippen LogP contribution in [0.1, 0.15) is 51.4 Å². The van der Waals surface area contributed by atoms with Gasteiger partial charge in [0.2, 0.25) is 5.91 Å². The van der Waals surface area contributed by atoms with E-state index in [1.165, 1.54) is 44.9 Å². The van der Waals surface area contributed by atoms with Gasteiger partial charge in [0.1, 0.15) is 0 Å². The van der Waals surface area contributed by atoms with Crippen molar-refractivity contribution in [2.75, 3.05) is 19.6 Å². The van der Waals surface area contributed by atoms with Crippen molar-refractivity contribution in [2.45, 2.75) is 51.4 Å². The maximum absolute atomic E-state index is 12.3. The van der Waals surface area contributed by atoms with E-state index in [0.29, 0.717) is 12.5 Å². The van der Waals surface area contributed by atoms with Gasteiger partial charge in [0.05, 0.1) is 5.92 Å². The quantitative estimate of drug-likeness (QED) is 0.815.